The van der Waals surface area contributed by atoms with Crippen molar-refractivity contribution in [2.45, 2.75) is 49.5 Å². The third kappa shape index (κ3) is 5.55. The van der Waals surface area contributed by atoms with Crippen LogP contribution in [0.4, 0.5) is 18.9 Å². The van der Waals surface area contributed by atoms with Gasteiger partial charge in [-0.25, -0.2) is 0 Å². The van der Waals surface area contributed by atoms with E-state index in [0.717, 1.165) is 23.1 Å². The summed E-state index contributed by atoms with van der Waals surface area (Å²) < 4.78 is 46.7. The van der Waals surface area contributed by atoms with Crippen molar-refractivity contribution < 1.29 is 27.1 Å². The molecule has 1 aromatic heterocycles. The molecule has 8 heteroatoms. The zero-order valence-electron chi connectivity index (χ0n) is 16.7. The lowest BCUT2D eigenvalue weighted by atomic mass is 10.0. The molecule has 4 nitrogen and oxygen atoms in total. The molecule has 1 N–H and O–H groups in total. The maximum Gasteiger partial charge on any atom is 0.573 e. The van der Waals surface area contributed by atoms with Gasteiger partial charge in [0.05, 0.1) is 0 Å². The van der Waals surface area contributed by atoms with Crippen molar-refractivity contribution in [2.75, 3.05) is 5.32 Å². The van der Waals surface area contributed by atoms with E-state index in [1.165, 1.54) is 44.2 Å². The smallest absolute Gasteiger partial charge is 0.451 e. The molecule has 4 rings (SSSR count). The van der Waals surface area contributed by atoms with Crippen LogP contribution in [0.15, 0.2) is 52.9 Å². The van der Waals surface area contributed by atoms with Gasteiger partial charge in [-0.15, -0.1) is 13.2 Å². The van der Waals surface area contributed by atoms with E-state index in [4.69, 9.17) is 4.42 Å². The number of halogens is 3. The molecule has 3 aromatic rings. The van der Waals surface area contributed by atoms with Crippen LogP contribution in [0.25, 0.3) is 11.0 Å². The number of hydrogen-bond donors (Lipinski definition) is 1. The normalized spacial score (nSPS) is 15.2. The van der Waals surface area contributed by atoms with Gasteiger partial charge in [-0.2, -0.15) is 11.8 Å². The molecular formula is C23H22F3NO3S. The molecule has 0 aliphatic heterocycles. The van der Waals surface area contributed by atoms with Crippen LogP contribution in [0.1, 0.15) is 48.2 Å². The monoisotopic (exact) mass is 449 g/mol. The van der Waals surface area contributed by atoms with E-state index in [2.05, 4.69) is 10.1 Å². The van der Waals surface area contributed by atoms with E-state index in [1.807, 2.05) is 36.0 Å². The topological polar surface area (TPSA) is 51.5 Å². The van der Waals surface area contributed by atoms with Crippen molar-refractivity contribution in [1.82, 2.24) is 0 Å². The second kappa shape index (κ2) is 9.26. The maximum atomic E-state index is 12.9. The number of para-hydroxylation sites is 1. The van der Waals surface area contributed by atoms with E-state index >= 15 is 0 Å². The molecule has 1 aliphatic rings. The first-order valence-corrected chi connectivity index (χ1v) is 11.2. The average molecular weight is 449 g/mol. The van der Waals surface area contributed by atoms with Gasteiger partial charge in [0.2, 0.25) is 0 Å². The summed E-state index contributed by atoms with van der Waals surface area (Å²) in [5.41, 5.74) is 1.84. The Balaban J connectivity index is 1.51. The van der Waals surface area contributed by atoms with E-state index in [0.29, 0.717) is 22.3 Å². The number of carbonyl (C=O) groups excluding carboxylic acids is 1. The molecule has 31 heavy (non-hydrogen) atoms. The second-order valence-corrected chi connectivity index (χ2v) is 8.79. The standard InChI is InChI=1S/C23H22F3NO3S/c24-23(25,26)30-16-12-10-15(11-13-16)27-22(28)21-19(14-31-17-6-2-1-3-7-17)18-8-4-5-9-20(18)29-21/h4-5,8-13,17H,1-3,6-7,14H2,(H,27,28). The third-order valence-electron chi connectivity index (χ3n) is 5.27. The first kappa shape index (κ1) is 21.6. The van der Waals surface area contributed by atoms with Crippen molar-refractivity contribution >= 4 is 34.3 Å². The van der Waals surface area contributed by atoms with Crippen LogP contribution in [0, 0.1) is 0 Å². The summed E-state index contributed by atoms with van der Waals surface area (Å²) in [7, 11) is 0. The van der Waals surface area contributed by atoms with Gasteiger partial charge in [0.25, 0.3) is 5.91 Å². The van der Waals surface area contributed by atoms with Crippen LogP contribution >= 0.6 is 11.8 Å². The minimum absolute atomic E-state index is 0.236. The molecule has 1 aliphatic carbocycles. The number of amides is 1. The van der Waals surface area contributed by atoms with Crippen LogP contribution in [0.5, 0.6) is 5.75 Å². The van der Waals surface area contributed by atoms with E-state index in [-0.39, 0.29) is 11.5 Å². The zero-order valence-corrected chi connectivity index (χ0v) is 17.5. The molecule has 1 amide bonds. The molecule has 0 spiro atoms. The Labute approximate surface area is 182 Å². The molecule has 0 atom stereocenters. The van der Waals surface area contributed by atoms with Crippen LogP contribution in [-0.2, 0) is 5.75 Å². The predicted octanol–water partition coefficient (Wildman–Crippen LogP) is 7.15. The Bertz CT molecular complexity index is 1040. The average Bonchev–Trinajstić information content (AvgIpc) is 3.12. The van der Waals surface area contributed by atoms with Gasteiger partial charge in [-0.1, -0.05) is 37.5 Å². The van der Waals surface area contributed by atoms with Crippen molar-refractivity contribution in [3.05, 3.63) is 59.9 Å². The quantitative estimate of drug-likeness (QED) is 0.434. The Morgan fingerprint density at radius 3 is 2.48 bits per heavy atom. The van der Waals surface area contributed by atoms with Gasteiger partial charge >= 0.3 is 6.36 Å². The molecule has 164 valence electrons. The maximum absolute atomic E-state index is 12.9. The summed E-state index contributed by atoms with van der Waals surface area (Å²) in [5, 5.41) is 4.20. The van der Waals surface area contributed by atoms with Gasteiger partial charge in [0, 0.05) is 27.6 Å². The number of furan rings is 1. The number of anilines is 1. The minimum Gasteiger partial charge on any atom is -0.451 e. The molecule has 2 aromatic carbocycles. The van der Waals surface area contributed by atoms with Gasteiger partial charge < -0.3 is 14.5 Å². The Morgan fingerprint density at radius 1 is 1.06 bits per heavy atom. The second-order valence-electron chi connectivity index (χ2n) is 7.50. The molecule has 0 saturated heterocycles. The van der Waals surface area contributed by atoms with Crippen LogP contribution < -0.4 is 10.1 Å². The molecule has 1 heterocycles. The SMILES string of the molecule is O=C(Nc1ccc(OC(F)(F)F)cc1)c1oc2ccccc2c1CSC1CCCCC1. The number of nitrogens with one attached hydrogen (secondary N) is 1. The van der Waals surface area contributed by atoms with Crippen molar-refractivity contribution in [1.29, 1.82) is 0 Å². The lowest BCUT2D eigenvalue weighted by Crippen LogP contribution is -2.17. The summed E-state index contributed by atoms with van der Waals surface area (Å²) in [6.07, 6.45) is 1.38. The highest BCUT2D eigenvalue weighted by molar-refractivity contribution is 7.99. The number of thioether (sulfide) groups is 1. The highest BCUT2D eigenvalue weighted by Crippen LogP contribution is 2.35. The molecule has 1 saturated carbocycles. The number of rotatable bonds is 6. The molecular weight excluding hydrogens is 427 g/mol. The highest BCUT2D eigenvalue weighted by Gasteiger charge is 2.31. The number of ether oxygens (including phenoxy) is 1. The number of alkyl halides is 3. The molecule has 0 bridgehead atoms. The predicted molar refractivity (Wildman–Crippen MR) is 115 cm³/mol. The van der Waals surface area contributed by atoms with E-state index in [9.17, 15) is 18.0 Å². The summed E-state index contributed by atoms with van der Waals surface area (Å²) in [5.74, 6) is 0.127. The van der Waals surface area contributed by atoms with Crippen molar-refractivity contribution in [2.24, 2.45) is 0 Å². The number of benzene rings is 2. The lowest BCUT2D eigenvalue weighted by Gasteiger charge is -2.20. The number of hydrogen-bond acceptors (Lipinski definition) is 4. The fraction of sp³-hybridized carbons (Fsp3) is 0.348. The van der Waals surface area contributed by atoms with Gasteiger partial charge in [0.15, 0.2) is 5.76 Å². The summed E-state index contributed by atoms with van der Waals surface area (Å²) in [6.45, 7) is 0. The number of fused-ring (bicyclic) bond motifs is 1. The third-order valence-corrected chi connectivity index (χ3v) is 6.66. The van der Waals surface area contributed by atoms with Crippen molar-refractivity contribution in [3.8, 4) is 5.75 Å². The first-order valence-electron chi connectivity index (χ1n) is 10.2. The fourth-order valence-corrected chi connectivity index (χ4v) is 5.14. The first-order chi connectivity index (χ1) is 14.9. The van der Waals surface area contributed by atoms with Crippen LogP contribution in [0.2, 0.25) is 0 Å². The van der Waals surface area contributed by atoms with Crippen LogP contribution in [-0.4, -0.2) is 17.5 Å². The largest absolute Gasteiger partial charge is 0.573 e. The molecule has 0 radical (unpaired) electrons. The van der Waals surface area contributed by atoms with E-state index < -0.39 is 12.3 Å². The van der Waals surface area contributed by atoms with Crippen molar-refractivity contribution in [3.63, 3.8) is 0 Å². The van der Waals surface area contributed by atoms with Gasteiger partial charge in [0.1, 0.15) is 11.3 Å². The van der Waals surface area contributed by atoms with Crippen LogP contribution in [0.3, 0.4) is 0 Å². The summed E-state index contributed by atoms with van der Waals surface area (Å²) in [4.78, 5) is 12.9. The van der Waals surface area contributed by atoms with Gasteiger partial charge in [-0.05, 0) is 43.2 Å². The van der Waals surface area contributed by atoms with Gasteiger partial charge in [-0.3, -0.25) is 4.79 Å². The fourth-order valence-electron chi connectivity index (χ4n) is 3.79. The summed E-state index contributed by atoms with van der Waals surface area (Å²) >= 11 is 1.85. The Hall–Kier alpha value is -2.61. The van der Waals surface area contributed by atoms with E-state index in [1.54, 1.807) is 0 Å². The highest BCUT2D eigenvalue weighted by atomic mass is 32.2. The lowest BCUT2D eigenvalue weighted by molar-refractivity contribution is -0.274. The Kier molecular flexibility index (Phi) is 6.46. The number of carbonyl (C=O) groups is 1. The minimum atomic E-state index is -4.76. The molecule has 1 fully saturated rings. The summed E-state index contributed by atoms with van der Waals surface area (Å²) in [6, 6.07) is 12.6. The molecule has 0 unspecified atom stereocenters. The zero-order chi connectivity index (χ0) is 21.8. The Morgan fingerprint density at radius 2 is 1.77 bits per heavy atom.